The Kier molecular flexibility index (Phi) is 5.58. The van der Waals surface area contributed by atoms with Gasteiger partial charge < -0.3 is 5.32 Å². The molecule has 1 aliphatic rings. The maximum atomic E-state index is 13.0. The van der Waals surface area contributed by atoms with Gasteiger partial charge in [-0.25, -0.2) is 9.37 Å². The van der Waals surface area contributed by atoms with Gasteiger partial charge in [0.05, 0.1) is 12.2 Å². The first-order valence-electron chi connectivity index (χ1n) is 8.41. The second kappa shape index (κ2) is 7.85. The Morgan fingerprint density at radius 3 is 2.92 bits per heavy atom. The molecule has 0 radical (unpaired) electrons. The molecule has 1 atom stereocenters. The van der Waals surface area contributed by atoms with Gasteiger partial charge >= 0.3 is 0 Å². The van der Waals surface area contributed by atoms with Gasteiger partial charge in [-0.1, -0.05) is 13.3 Å². The molecule has 2 heterocycles. The van der Waals surface area contributed by atoms with Gasteiger partial charge in [-0.2, -0.15) is 0 Å². The van der Waals surface area contributed by atoms with Crippen LogP contribution in [0.25, 0.3) is 11.3 Å². The Morgan fingerprint density at radius 2 is 2.17 bits per heavy atom. The summed E-state index contributed by atoms with van der Waals surface area (Å²) in [5, 5.41) is 5.35. The van der Waals surface area contributed by atoms with E-state index in [0.717, 1.165) is 30.6 Å². The lowest BCUT2D eigenvalue weighted by molar-refractivity contribution is -0.118. The lowest BCUT2D eigenvalue weighted by Crippen LogP contribution is -2.43. The fourth-order valence-corrected chi connectivity index (χ4v) is 3.89. The maximum absolute atomic E-state index is 13.0. The average molecular weight is 347 g/mol. The third-order valence-electron chi connectivity index (χ3n) is 4.46. The number of anilines is 1. The summed E-state index contributed by atoms with van der Waals surface area (Å²) in [6, 6.07) is 6.71. The molecule has 1 N–H and O–H groups in total. The molecule has 4 nitrogen and oxygen atoms in total. The van der Waals surface area contributed by atoms with Gasteiger partial charge in [-0.05, 0) is 50.1 Å². The number of amides is 1. The number of nitrogens with zero attached hydrogens (tertiary/aromatic N) is 2. The van der Waals surface area contributed by atoms with Crippen LogP contribution in [0, 0.1) is 5.82 Å². The van der Waals surface area contributed by atoms with E-state index in [1.807, 2.05) is 5.38 Å². The van der Waals surface area contributed by atoms with E-state index in [4.69, 9.17) is 0 Å². The third-order valence-corrected chi connectivity index (χ3v) is 5.22. The molecule has 128 valence electrons. The normalized spacial score (nSPS) is 18.5. The van der Waals surface area contributed by atoms with Gasteiger partial charge in [0.25, 0.3) is 0 Å². The number of likely N-dealkylation sites (tertiary alicyclic amines) is 1. The number of carbonyl (C=O) groups excluding carboxylic acids is 1. The Balaban J connectivity index is 1.59. The van der Waals surface area contributed by atoms with Crippen molar-refractivity contribution in [3.8, 4) is 11.3 Å². The zero-order valence-electron chi connectivity index (χ0n) is 13.8. The zero-order valence-corrected chi connectivity index (χ0v) is 14.6. The van der Waals surface area contributed by atoms with Crippen molar-refractivity contribution < 1.29 is 9.18 Å². The Labute approximate surface area is 145 Å². The second-order valence-corrected chi connectivity index (χ2v) is 6.98. The van der Waals surface area contributed by atoms with Crippen LogP contribution in [-0.2, 0) is 4.79 Å². The predicted octanol–water partition coefficient (Wildman–Crippen LogP) is 4.15. The van der Waals surface area contributed by atoms with Crippen LogP contribution >= 0.6 is 11.3 Å². The smallest absolute Gasteiger partial charge is 0.240 e. The molecule has 24 heavy (non-hydrogen) atoms. The third kappa shape index (κ3) is 4.19. The van der Waals surface area contributed by atoms with E-state index < -0.39 is 0 Å². The fraction of sp³-hybridized carbons (Fsp3) is 0.444. The second-order valence-electron chi connectivity index (χ2n) is 6.12. The van der Waals surface area contributed by atoms with Crippen LogP contribution in [0.5, 0.6) is 0 Å². The SMILES string of the molecule is CCC1CCCCN1CC(=O)Nc1nc(-c2ccc(F)cc2)cs1. The van der Waals surface area contributed by atoms with Crippen LogP contribution in [-0.4, -0.2) is 34.9 Å². The number of thiazole rings is 1. The number of hydrogen-bond donors (Lipinski definition) is 1. The lowest BCUT2D eigenvalue weighted by Gasteiger charge is -2.34. The van der Waals surface area contributed by atoms with Gasteiger partial charge in [-0.3, -0.25) is 9.69 Å². The molecule has 6 heteroatoms. The molecule has 1 fully saturated rings. The lowest BCUT2D eigenvalue weighted by atomic mass is 10.0. The molecule has 0 spiro atoms. The number of halogens is 1. The van der Waals surface area contributed by atoms with E-state index in [1.165, 1.54) is 36.3 Å². The molecular formula is C18H22FN3OS. The van der Waals surface area contributed by atoms with Gasteiger partial charge in [0.2, 0.25) is 5.91 Å². The summed E-state index contributed by atoms with van der Waals surface area (Å²) in [6.07, 6.45) is 4.68. The van der Waals surface area contributed by atoms with Crippen LogP contribution < -0.4 is 5.32 Å². The number of hydrogen-bond acceptors (Lipinski definition) is 4. The number of rotatable bonds is 5. The topological polar surface area (TPSA) is 45.2 Å². The first kappa shape index (κ1) is 17.0. The van der Waals surface area contributed by atoms with E-state index in [9.17, 15) is 9.18 Å². The summed E-state index contributed by atoms with van der Waals surface area (Å²) in [7, 11) is 0. The minimum Gasteiger partial charge on any atom is -0.301 e. The number of benzene rings is 1. The molecule has 1 unspecified atom stereocenters. The van der Waals surface area contributed by atoms with Crippen molar-refractivity contribution in [2.45, 2.75) is 38.6 Å². The van der Waals surface area contributed by atoms with Gasteiger partial charge in [0.15, 0.2) is 5.13 Å². The quantitative estimate of drug-likeness (QED) is 0.884. The molecule has 1 amide bonds. The van der Waals surface area contributed by atoms with Crippen LogP contribution in [0.15, 0.2) is 29.6 Å². The monoisotopic (exact) mass is 347 g/mol. The van der Waals surface area contributed by atoms with Gasteiger partial charge in [-0.15, -0.1) is 11.3 Å². The predicted molar refractivity (Wildman–Crippen MR) is 95.6 cm³/mol. The van der Waals surface area contributed by atoms with Crippen molar-refractivity contribution in [3.63, 3.8) is 0 Å². The van der Waals surface area contributed by atoms with E-state index >= 15 is 0 Å². The Hall–Kier alpha value is -1.79. The van der Waals surface area contributed by atoms with Gasteiger partial charge in [0, 0.05) is 17.0 Å². The molecule has 2 aromatic rings. The largest absolute Gasteiger partial charge is 0.301 e. The summed E-state index contributed by atoms with van der Waals surface area (Å²) in [6.45, 7) is 3.59. The highest BCUT2D eigenvalue weighted by atomic mass is 32.1. The van der Waals surface area contributed by atoms with Gasteiger partial charge in [0.1, 0.15) is 5.82 Å². The molecule has 1 saturated heterocycles. The molecule has 3 rings (SSSR count). The molecule has 1 aromatic carbocycles. The van der Waals surface area contributed by atoms with Crippen LogP contribution in [0.2, 0.25) is 0 Å². The number of carbonyl (C=O) groups is 1. The van der Waals surface area contributed by atoms with Crippen LogP contribution in [0.4, 0.5) is 9.52 Å². The summed E-state index contributed by atoms with van der Waals surface area (Å²) < 4.78 is 13.0. The first-order chi connectivity index (χ1) is 11.7. The average Bonchev–Trinajstić information content (AvgIpc) is 3.04. The molecule has 0 aliphatic carbocycles. The van der Waals surface area contributed by atoms with Crippen molar-refractivity contribution in [2.24, 2.45) is 0 Å². The highest BCUT2D eigenvalue weighted by molar-refractivity contribution is 7.14. The zero-order chi connectivity index (χ0) is 16.9. The fourth-order valence-electron chi connectivity index (χ4n) is 3.16. The van der Waals surface area contributed by atoms with Crippen molar-refractivity contribution >= 4 is 22.4 Å². The Morgan fingerprint density at radius 1 is 1.38 bits per heavy atom. The number of aromatic nitrogens is 1. The molecule has 1 aliphatic heterocycles. The van der Waals surface area contributed by atoms with Crippen LogP contribution in [0.3, 0.4) is 0 Å². The number of nitrogens with one attached hydrogen (secondary N) is 1. The summed E-state index contributed by atoms with van der Waals surface area (Å²) in [4.78, 5) is 19.0. The minimum atomic E-state index is -0.269. The van der Waals surface area contributed by atoms with Crippen molar-refractivity contribution in [2.75, 3.05) is 18.4 Å². The van der Waals surface area contributed by atoms with E-state index in [2.05, 4.69) is 22.1 Å². The standard InChI is InChI=1S/C18H22FN3OS/c1-2-15-5-3-4-10-22(15)11-17(23)21-18-20-16(12-24-18)13-6-8-14(19)9-7-13/h6-9,12,15H,2-5,10-11H2,1H3,(H,20,21,23). The minimum absolute atomic E-state index is 0.0182. The first-order valence-corrected chi connectivity index (χ1v) is 9.29. The van der Waals surface area contributed by atoms with E-state index in [0.29, 0.717) is 17.7 Å². The summed E-state index contributed by atoms with van der Waals surface area (Å²) in [5.74, 6) is -0.287. The Bertz CT molecular complexity index is 686. The highest BCUT2D eigenvalue weighted by Gasteiger charge is 2.23. The van der Waals surface area contributed by atoms with Crippen molar-refractivity contribution in [1.82, 2.24) is 9.88 Å². The van der Waals surface area contributed by atoms with Crippen molar-refractivity contribution in [3.05, 3.63) is 35.5 Å². The van der Waals surface area contributed by atoms with Crippen LogP contribution in [0.1, 0.15) is 32.6 Å². The molecule has 1 aromatic heterocycles. The maximum Gasteiger partial charge on any atom is 0.240 e. The molecule has 0 bridgehead atoms. The molecular weight excluding hydrogens is 325 g/mol. The summed E-state index contributed by atoms with van der Waals surface area (Å²) in [5.41, 5.74) is 1.59. The van der Waals surface area contributed by atoms with E-state index in [-0.39, 0.29) is 11.7 Å². The van der Waals surface area contributed by atoms with Crippen molar-refractivity contribution in [1.29, 1.82) is 0 Å². The highest BCUT2D eigenvalue weighted by Crippen LogP contribution is 2.25. The molecule has 0 saturated carbocycles. The summed E-state index contributed by atoms with van der Waals surface area (Å²) >= 11 is 1.39. The van der Waals surface area contributed by atoms with E-state index in [1.54, 1.807) is 12.1 Å². The number of piperidine rings is 1.